The summed E-state index contributed by atoms with van der Waals surface area (Å²) >= 11 is 11.8. The van der Waals surface area contributed by atoms with Crippen LogP contribution < -0.4 is 14.2 Å². The fraction of sp³-hybridized carbons (Fsp3) is 0.333. The van der Waals surface area contributed by atoms with E-state index in [1.165, 1.54) is 0 Å². The molecule has 0 atom stereocenters. The molecule has 0 radical (unpaired) electrons. The lowest BCUT2D eigenvalue weighted by molar-refractivity contribution is 0.171. The maximum atomic E-state index is 12.6. The van der Waals surface area contributed by atoms with Gasteiger partial charge in [0.1, 0.15) is 13.2 Å². The van der Waals surface area contributed by atoms with Gasteiger partial charge in [-0.3, -0.25) is 0 Å². The average Bonchev–Trinajstić information content (AvgIpc) is 2.56. The molecule has 3 rings (SSSR count). The predicted molar refractivity (Wildman–Crippen MR) is 103 cm³/mol. The summed E-state index contributed by atoms with van der Waals surface area (Å²) < 4.78 is 39.1. The molecule has 1 heterocycles. The third kappa shape index (κ3) is 4.43. The zero-order chi connectivity index (χ0) is 18.9. The van der Waals surface area contributed by atoms with Gasteiger partial charge in [-0.1, -0.05) is 35.3 Å². The number of rotatable bonds is 5. The molecule has 0 fully saturated rings. The zero-order valence-corrected chi connectivity index (χ0v) is 16.7. The second kappa shape index (κ2) is 7.27. The lowest BCUT2D eigenvalue weighted by Crippen LogP contribution is -2.41. The van der Waals surface area contributed by atoms with Crippen LogP contribution in [0, 0.1) is 0 Å². The highest BCUT2D eigenvalue weighted by Crippen LogP contribution is 2.34. The number of fused-ring (bicyclic) bond motifs is 1. The van der Waals surface area contributed by atoms with E-state index >= 15 is 0 Å². The van der Waals surface area contributed by atoms with Gasteiger partial charge in [0.15, 0.2) is 11.5 Å². The summed E-state index contributed by atoms with van der Waals surface area (Å²) in [5.74, 6) is 1.08. The number of hydrogen-bond donors (Lipinski definition) is 1. The van der Waals surface area contributed by atoms with Crippen LogP contribution in [-0.4, -0.2) is 21.6 Å². The Kier molecular flexibility index (Phi) is 5.40. The molecule has 0 aliphatic carbocycles. The molecular formula is C18H19Cl2NO4S. The smallest absolute Gasteiger partial charge is 0.216 e. The monoisotopic (exact) mass is 415 g/mol. The molecule has 0 saturated carbocycles. The van der Waals surface area contributed by atoms with E-state index in [0.29, 0.717) is 40.3 Å². The molecule has 1 N–H and O–H groups in total. The molecule has 140 valence electrons. The first-order valence-electron chi connectivity index (χ1n) is 8.02. The van der Waals surface area contributed by atoms with Crippen molar-refractivity contribution in [3.63, 3.8) is 0 Å². The molecule has 0 spiro atoms. The summed E-state index contributed by atoms with van der Waals surface area (Å²) in [5.41, 5.74) is 0.509. The van der Waals surface area contributed by atoms with Gasteiger partial charge < -0.3 is 9.47 Å². The number of halogens is 2. The standard InChI is InChI=1S/C18H19Cl2NO4S/c1-18(2,13-4-6-16-17(10-13)25-8-7-24-16)21-26(22,23)11-12-3-5-14(19)15(20)9-12/h3-6,9-10,21H,7-8,11H2,1-2H3. The SMILES string of the molecule is CC(C)(NS(=O)(=O)Cc1ccc(Cl)c(Cl)c1)c1ccc2c(c1)OCCO2. The summed E-state index contributed by atoms with van der Waals surface area (Å²) in [4.78, 5) is 0. The maximum absolute atomic E-state index is 12.6. The third-order valence-corrected chi connectivity index (χ3v) is 6.29. The first kappa shape index (κ1) is 19.3. The summed E-state index contributed by atoms with van der Waals surface area (Å²) in [6.07, 6.45) is 0. The molecule has 1 aliphatic rings. The minimum atomic E-state index is -3.62. The number of hydrogen-bond acceptors (Lipinski definition) is 4. The Morgan fingerprint density at radius 2 is 1.69 bits per heavy atom. The van der Waals surface area contributed by atoms with Gasteiger partial charge in [-0.05, 0) is 49.2 Å². The molecule has 0 aromatic heterocycles. The lowest BCUT2D eigenvalue weighted by atomic mass is 9.95. The number of ether oxygens (including phenoxy) is 2. The van der Waals surface area contributed by atoms with Crippen LogP contribution in [0.25, 0.3) is 0 Å². The third-order valence-electron chi connectivity index (χ3n) is 4.02. The van der Waals surface area contributed by atoms with Gasteiger partial charge in [0.25, 0.3) is 0 Å². The van der Waals surface area contributed by atoms with Crippen molar-refractivity contribution in [1.29, 1.82) is 0 Å². The molecule has 8 heteroatoms. The number of benzene rings is 2. The molecule has 0 bridgehead atoms. The van der Waals surface area contributed by atoms with E-state index in [1.807, 2.05) is 6.07 Å². The number of nitrogens with one attached hydrogen (secondary N) is 1. The van der Waals surface area contributed by atoms with Crippen molar-refractivity contribution in [1.82, 2.24) is 4.72 Å². The lowest BCUT2D eigenvalue weighted by Gasteiger charge is -2.28. The van der Waals surface area contributed by atoms with Gasteiger partial charge >= 0.3 is 0 Å². The van der Waals surface area contributed by atoms with E-state index < -0.39 is 15.6 Å². The van der Waals surface area contributed by atoms with Gasteiger partial charge in [0, 0.05) is 0 Å². The van der Waals surface area contributed by atoms with Gasteiger partial charge in [0.05, 0.1) is 21.3 Å². The van der Waals surface area contributed by atoms with E-state index in [1.54, 1.807) is 44.2 Å². The van der Waals surface area contributed by atoms with Crippen LogP contribution in [0.3, 0.4) is 0 Å². The van der Waals surface area contributed by atoms with Crippen molar-refractivity contribution < 1.29 is 17.9 Å². The summed E-state index contributed by atoms with van der Waals surface area (Å²) in [5, 5.41) is 0.711. The molecule has 2 aromatic rings. The van der Waals surface area contributed by atoms with E-state index in [0.717, 1.165) is 5.56 Å². The fourth-order valence-electron chi connectivity index (χ4n) is 2.76. The van der Waals surface area contributed by atoms with Crippen LogP contribution in [0.4, 0.5) is 0 Å². The molecule has 0 amide bonds. The highest BCUT2D eigenvalue weighted by molar-refractivity contribution is 7.88. The van der Waals surface area contributed by atoms with E-state index in [-0.39, 0.29) is 5.75 Å². The molecule has 1 aliphatic heterocycles. The van der Waals surface area contributed by atoms with Crippen LogP contribution in [0.5, 0.6) is 11.5 Å². The first-order chi connectivity index (χ1) is 12.2. The molecular weight excluding hydrogens is 397 g/mol. The molecule has 2 aromatic carbocycles. The van der Waals surface area contributed by atoms with Crippen LogP contribution in [0.15, 0.2) is 36.4 Å². The van der Waals surface area contributed by atoms with Gasteiger partial charge in [0.2, 0.25) is 10.0 Å². The largest absolute Gasteiger partial charge is 0.486 e. The van der Waals surface area contributed by atoms with E-state index in [9.17, 15) is 8.42 Å². The van der Waals surface area contributed by atoms with E-state index in [4.69, 9.17) is 32.7 Å². The Labute approximate surface area is 163 Å². The maximum Gasteiger partial charge on any atom is 0.216 e. The van der Waals surface area contributed by atoms with Gasteiger partial charge in [-0.2, -0.15) is 0 Å². The first-order valence-corrected chi connectivity index (χ1v) is 10.4. The van der Waals surface area contributed by atoms with Crippen LogP contribution >= 0.6 is 23.2 Å². The van der Waals surface area contributed by atoms with Crippen molar-refractivity contribution in [3.8, 4) is 11.5 Å². The Morgan fingerprint density at radius 1 is 1.00 bits per heavy atom. The second-order valence-electron chi connectivity index (χ2n) is 6.59. The van der Waals surface area contributed by atoms with Crippen molar-refractivity contribution >= 4 is 33.2 Å². The predicted octanol–water partition coefficient (Wildman–Crippen LogP) is 4.12. The second-order valence-corrected chi connectivity index (χ2v) is 9.13. The minimum Gasteiger partial charge on any atom is -0.486 e. The van der Waals surface area contributed by atoms with Crippen LogP contribution in [-0.2, 0) is 21.3 Å². The van der Waals surface area contributed by atoms with Gasteiger partial charge in [-0.15, -0.1) is 0 Å². The quantitative estimate of drug-likeness (QED) is 0.797. The highest BCUT2D eigenvalue weighted by atomic mass is 35.5. The topological polar surface area (TPSA) is 64.6 Å². The molecule has 26 heavy (non-hydrogen) atoms. The normalized spacial score (nSPS) is 14.3. The average molecular weight is 416 g/mol. The van der Waals surface area contributed by atoms with Crippen molar-refractivity contribution in [3.05, 3.63) is 57.6 Å². The Morgan fingerprint density at radius 3 is 2.38 bits per heavy atom. The molecule has 5 nitrogen and oxygen atoms in total. The zero-order valence-electron chi connectivity index (χ0n) is 14.4. The Hall–Kier alpha value is -1.47. The molecule has 0 unspecified atom stereocenters. The molecule has 0 saturated heterocycles. The summed E-state index contributed by atoms with van der Waals surface area (Å²) in [7, 11) is -3.62. The highest BCUT2D eigenvalue weighted by Gasteiger charge is 2.28. The summed E-state index contributed by atoms with van der Waals surface area (Å²) in [6.45, 7) is 4.57. The minimum absolute atomic E-state index is 0.197. The van der Waals surface area contributed by atoms with Crippen molar-refractivity contribution in [2.75, 3.05) is 13.2 Å². The Bertz CT molecular complexity index is 929. The van der Waals surface area contributed by atoms with Gasteiger partial charge in [-0.25, -0.2) is 13.1 Å². The van der Waals surface area contributed by atoms with E-state index in [2.05, 4.69) is 4.72 Å². The Balaban J connectivity index is 1.80. The van der Waals surface area contributed by atoms with Crippen molar-refractivity contribution in [2.45, 2.75) is 25.1 Å². The van der Waals surface area contributed by atoms with Crippen LogP contribution in [0.2, 0.25) is 10.0 Å². The fourth-order valence-corrected chi connectivity index (χ4v) is 4.67. The summed E-state index contributed by atoms with van der Waals surface area (Å²) in [6, 6.07) is 10.2. The van der Waals surface area contributed by atoms with Crippen molar-refractivity contribution in [2.24, 2.45) is 0 Å². The van der Waals surface area contributed by atoms with Crippen LogP contribution in [0.1, 0.15) is 25.0 Å². The number of sulfonamides is 1.